The largest absolute Gasteiger partial charge is 0.352 e. The molecule has 0 aromatic carbocycles. The van der Waals surface area contributed by atoms with Crippen LogP contribution in [0.25, 0.3) is 10.2 Å². The van der Waals surface area contributed by atoms with E-state index >= 15 is 0 Å². The molecule has 0 saturated heterocycles. The number of thioether (sulfide) groups is 1. The Hall–Kier alpha value is -1.14. The van der Waals surface area contributed by atoms with E-state index in [1.54, 1.807) is 17.7 Å². The Labute approximate surface area is 126 Å². The van der Waals surface area contributed by atoms with E-state index in [2.05, 4.69) is 15.3 Å². The number of nitrogens with one attached hydrogen (secondary N) is 1. The predicted octanol–water partition coefficient (Wildman–Crippen LogP) is 3.23. The summed E-state index contributed by atoms with van der Waals surface area (Å²) < 4.78 is 0. The van der Waals surface area contributed by atoms with Crippen molar-refractivity contribution in [3.05, 3.63) is 17.8 Å². The summed E-state index contributed by atoms with van der Waals surface area (Å²) in [6.45, 7) is 1.94. The molecule has 2 heterocycles. The molecule has 0 bridgehead atoms. The van der Waals surface area contributed by atoms with Gasteiger partial charge in [-0.1, -0.05) is 24.6 Å². The topological polar surface area (TPSA) is 54.9 Å². The smallest absolute Gasteiger partial charge is 0.233 e. The lowest BCUT2D eigenvalue weighted by Crippen LogP contribution is -2.37. The molecular weight excluding hydrogens is 290 g/mol. The summed E-state index contributed by atoms with van der Waals surface area (Å²) in [5, 5.41) is 6.95. The first-order chi connectivity index (χ1) is 9.74. The van der Waals surface area contributed by atoms with Crippen LogP contribution in [-0.2, 0) is 4.79 Å². The lowest BCUT2D eigenvalue weighted by Gasteiger charge is -2.16. The van der Waals surface area contributed by atoms with Crippen LogP contribution < -0.4 is 5.32 Å². The standard InChI is InChI=1S/C14H17N3OS2/c1-9(12(18)17-10-4-2-3-5-10)20-14-11-6-7-19-13(11)15-8-16-14/h6-10H,2-5H2,1H3,(H,17,18). The summed E-state index contributed by atoms with van der Waals surface area (Å²) in [6.07, 6.45) is 6.27. The van der Waals surface area contributed by atoms with Gasteiger partial charge in [-0.05, 0) is 31.2 Å². The first kappa shape index (κ1) is 13.8. The molecule has 1 unspecified atom stereocenters. The van der Waals surface area contributed by atoms with Crippen LogP contribution in [0, 0.1) is 0 Å². The van der Waals surface area contributed by atoms with Crippen molar-refractivity contribution in [1.29, 1.82) is 0 Å². The zero-order valence-corrected chi connectivity index (χ0v) is 13.0. The van der Waals surface area contributed by atoms with Crippen LogP contribution in [0.2, 0.25) is 0 Å². The average molecular weight is 307 g/mol. The Morgan fingerprint density at radius 3 is 3.05 bits per heavy atom. The van der Waals surface area contributed by atoms with E-state index in [-0.39, 0.29) is 11.2 Å². The van der Waals surface area contributed by atoms with Crippen molar-refractivity contribution in [2.75, 3.05) is 0 Å². The van der Waals surface area contributed by atoms with Gasteiger partial charge in [-0.25, -0.2) is 9.97 Å². The molecular formula is C14H17N3OS2. The van der Waals surface area contributed by atoms with Gasteiger partial charge in [0.25, 0.3) is 0 Å². The molecule has 0 radical (unpaired) electrons. The summed E-state index contributed by atoms with van der Waals surface area (Å²) in [4.78, 5) is 21.7. The number of rotatable bonds is 4. The molecule has 1 aliphatic rings. The number of aromatic nitrogens is 2. The molecule has 2 aromatic heterocycles. The van der Waals surface area contributed by atoms with Gasteiger partial charge in [0.05, 0.1) is 5.25 Å². The predicted molar refractivity (Wildman–Crippen MR) is 83.1 cm³/mol. The van der Waals surface area contributed by atoms with E-state index in [0.29, 0.717) is 6.04 Å². The zero-order valence-electron chi connectivity index (χ0n) is 11.3. The SMILES string of the molecule is CC(Sc1ncnc2sccc12)C(=O)NC1CCCC1. The van der Waals surface area contributed by atoms with Crippen molar-refractivity contribution in [2.45, 2.75) is 48.9 Å². The van der Waals surface area contributed by atoms with Crippen molar-refractivity contribution < 1.29 is 4.79 Å². The Kier molecular flexibility index (Phi) is 4.21. The highest BCUT2D eigenvalue weighted by atomic mass is 32.2. The van der Waals surface area contributed by atoms with Crippen molar-refractivity contribution in [1.82, 2.24) is 15.3 Å². The molecule has 0 aliphatic heterocycles. The maximum Gasteiger partial charge on any atom is 0.233 e. The molecule has 1 fully saturated rings. The minimum Gasteiger partial charge on any atom is -0.352 e. The monoisotopic (exact) mass is 307 g/mol. The van der Waals surface area contributed by atoms with Crippen LogP contribution in [0.1, 0.15) is 32.6 Å². The summed E-state index contributed by atoms with van der Waals surface area (Å²) in [5.41, 5.74) is 0. The third kappa shape index (κ3) is 2.96. The first-order valence-electron chi connectivity index (χ1n) is 6.89. The van der Waals surface area contributed by atoms with E-state index in [4.69, 9.17) is 0 Å². The molecule has 3 rings (SSSR count). The van der Waals surface area contributed by atoms with Crippen molar-refractivity contribution in [2.24, 2.45) is 0 Å². The second-order valence-electron chi connectivity index (χ2n) is 5.07. The highest BCUT2D eigenvalue weighted by molar-refractivity contribution is 8.00. The minimum atomic E-state index is -0.131. The maximum atomic E-state index is 12.2. The van der Waals surface area contributed by atoms with Crippen LogP contribution >= 0.6 is 23.1 Å². The number of carbonyl (C=O) groups excluding carboxylic acids is 1. The van der Waals surface area contributed by atoms with Gasteiger partial charge < -0.3 is 5.32 Å². The number of hydrogen-bond acceptors (Lipinski definition) is 5. The lowest BCUT2D eigenvalue weighted by atomic mass is 10.2. The van der Waals surface area contributed by atoms with E-state index < -0.39 is 0 Å². The molecule has 2 aromatic rings. The molecule has 4 nitrogen and oxygen atoms in total. The first-order valence-corrected chi connectivity index (χ1v) is 8.65. The molecule has 1 atom stereocenters. The third-order valence-electron chi connectivity index (χ3n) is 3.58. The van der Waals surface area contributed by atoms with Crippen LogP contribution in [-0.4, -0.2) is 27.2 Å². The fourth-order valence-electron chi connectivity index (χ4n) is 2.47. The molecule has 0 spiro atoms. The summed E-state index contributed by atoms with van der Waals surface area (Å²) in [6, 6.07) is 2.39. The Morgan fingerprint density at radius 2 is 2.25 bits per heavy atom. The van der Waals surface area contributed by atoms with E-state index in [9.17, 15) is 4.79 Å². The van der Waals surface area contributed by atoms with Gasteiger partial charge in [-0.15, -0.1) is 11.3 Å². The Morgan fingerprint density at radius 1 is 1.45 bits per heavy atom. The fourth-order valence-corrected chi connectivity index (χ4v) is 4.18. The van der Waals surface area contributed by atoms with Crippen LogP contribution in [0.4, 0.5) is 0 Å². The Balaban J connectivity index is 1.67. The summed E-state index contributed by atoms with van der Waals surface area (Å²) in [5.74, 6) is 0.115. The van der Waals surface area contributed by atoms with Crippen LogP contribution in [0.15, 0.2) is 22.8 Å². The number of amides is 1. The van der Waals surface area contributed by atoms with E-state index in [1.165, 1.54) is 24.6 Å². The van der Waals surface area contributed by atoms with E-state index in [0.717, 1.165) is 28.1 Å². The number of thiophene rings is 1. The van der Waals surface area contributed by atoms with Crippen LogP contribution in [0.5, 0.6) is 0 Å². The highest BCUT2D eigenvalue weighted by Crippen LogP contribution is 2.30. The lowest BCUT2D eigenvalue weighted by molar-refractivity contribution is -0.120. The molecule has 1 N–H and O–H groups in total. The summed E-state index contributed by atoms with van der Waals surface area (Å²) >= 11 is 3.11. The number of hydrogen-bond donors (Lipinski definition) is 1. The van der Waals surface area contributed by atoms with Crippen LogP contribution in [0.3, 0.4) is 0 Å². The van der Waals surface area contributed by atoms with Gasteiger partial charge in [0.2, 0.25) is 5.91 Å². The molecule has 1 aliphatic carbocycles. The number of carbonyl (C=O) groups is 1. The average Bonchev–Trinajstić information content (AvgIpc) is 3.09. The molecule has 1 saturated carbocycles. The van der Waals surface area contributed by atoms with Crippen molar-refractivity contribution in [3.8, 4) is 0 Å². The molecule has 6 heteroatoms. The van der Waals surface area contributed by atoms with E-state index in [1.807, 2.05) is 18.4 Å². The van der Waals surface area contributed by atoms with Gasteiger partial charge in [-0.3, -0.25) is 4.79 Å². The van der Waals surface area contributed by atoms with Gasteiger partial charge in [0.15, 0.2) is 0 Å². The van der Waals surface area contributed by atoms with Gasteiger partial charge >= 0.3 is 0 Å². The summed E-state index contributed by atoms with van der Waals surface area (Å²) in [7, 11) is 0. The molecule has 20 heavy (non-hydrogen) atoms. The van der Waals surface area contributed by atoms with Gasteiger partial charge in [-0.2, -0.15) is 0 Å². The normalized spacial score (nSPS) is 17.4. The number of fused-ring (bicyclic) bond motifs is 1. The van der Waals surface area contributed by atoms with Crippen molar-refractivity contribution >= 4 is 39.2 Å². The number of nitrogens with zero attached hydrogens (tertiary/aromatic N) is 2. The maximum absolute atomic E-state index is 12.2. The second kappa shape index (κ2) is 6.10. The second-order valence-corrected chi connectivity index (χ2v) is 7.29. The van der Waals surface area contributed by atoms with Gasteiger partial charge in [0, 0.05) is 11.4 Å². The molecule has 1 amide bonds. The highest BCUT2D eigenvalue weighted by Gasteiger charge is 2.22. The Bertz CT molecular complexity index is 607. The quantitative estimate of drug-likeness (QED) is 0.696. The zero-order chi connectivity index (χ0) is 13.9. The van der Waals surface area contributed by atoms with Crippen molar-refractivity contribution in [3.63, 3.8) is 0 Å². The molecule has 106 valence electrons. The third-order valence-corrected chi connectivity index (χ3v) is 5.52. The van der Waals surface area contributed by atoms with Gasteiger partial charge in [0.1, 0.15) is 16.2 Å². The minimum absolute atomic E-state index is 0.115. The fraction of sp³-hybridized carbons (Fsp3) is 0.500.